The highest BCUT2D eigenvalue weighted by molar-refractivity contribution is 7.52. The van der Waals surface area contributed by atoms with Gasteiger partial charge in [-0.15, -0.1) is 0 Å². The highest BCUT2D eigenvalue weighted by Gasteiger charge is 2.31. The van der Waals surface area contributed by atoms with Crippen LogP contribution in [0.15, 0.2) is 17.1 Å². The van der Waals surface area contributed by atoms with Crippen LogP contribution in [0.4, 0.5) is 5.82 Å². The van der Waals surface area contributed by atoms with Gasteiger partial charge in [0, 0.05) is 6.20 Å². The molecule has 0 radical (unpaired) electrons. The van der Waals surface area contributed by atoms with E-state index >= 15 is 0 Å². The van der Waals surface area contributed by atoms with Gasteiger partial charge in [0.1, 0.15) is 12.2 Å². The quantitative estimate of drug-likeness (QED) is 0.148. The standard InChI is InChI=1S/C19H34N5O9P/c1-11(2)16(21)17(26)22-14(18(27)33-12(3)4)9-32-34(29,30)10-31-13(8-25)7-24-6-5-15(20)23-19(24)28/h5-6,11-14,16,25H,7-10,21H2,1-4H3,(H,22,26)(H,29,30)(H2,20,23,28)/t13-,14-,16-/m0/s1. The van der Waals surface area contributed by atoms with Crippen molar-refractivity contribution in [3.63, 3.8) is 0 Å². The second kappa shape index (κ2) is 13.5. The van der Waals surface area contributed by atoms with Gasteiger partial charge in [0.05, 0.1) is 38.0 Å². The summed E-state index contributed by atoms with van der Waals surface area (Å²) < 4.78 is 28.8. The predicted molar refractivity (Wildman–Crippen MR) is 121 cm³/mol. The average Bonchev–Trinajstić information content (AvgIpc) is 2.74. The number of nitrogen functional groups attached to an aromatic ring is 1. The highest BCUT2D eigenvalue weighted by Crippen LogP contribution is 2.42. The van der Waals surface area contributed by atoms with Crippen LogP contribution < -0.4 is 22.5 Å². The zero-order valence-corrected chi connectivity index (χ0v) is 20.5. The number of rotatable bonds is 14. The number of hydrogen-bond donors (Lipinski definition) is 5. The molecule has 0 aliphatic carbocycles. The first kappa shape index (κ1) is 29.7. The number of hydrogen-bond acceptors (Lipinski definition) is 11. The molecule has 1 aromatic rings. The first-order valence-electron chi connectivity index (χ1n) is 10.5. The second-order valence-electron chi connectivity index (χ2n) is 8.14. The molecule has 0 spiro atoms. The van der Waals surface area contributed by atoms with Crippen molar-refractivity contribution >= 4 is 25.3 Å². The molecule has 34 heavy (non-hydrogen) atoms. The fourth-order valence-electron chi connectivity index (χ4n) is 2.45. The summed E-state index contributed by atoms with van der Waals surface area (Å²) in [5.74, 6) is -1.73. The van der Waals surface area contributed by atoms with Crippen LogP contribution in [0.2, 0.25) is 0 Å². The van der Waals surface area contributed by atoms with Crippen molar-refractivity contribution in [1.82, 2.24) is 14.9 Å². The lowest BCUT2D eigenvalue weighted by Crippen LogP contribution is -2.52. The molecule has 0 aliphatic rings. The summed E-state index contributed by atoms with van der Waals surface area (Å²) in [6.07, 6.45) is -1.08. The van der Waals surface area contributed by atoms with Crippen molar-refractivity contribution in [1.29, 1.82) is 0 Å². The summed E-state index contributed by atoms with van der Waals surface area (Å²) in [5, 5.41) is 11.8. The number of aliphatic hydroxyl groups excluding tert-OH is 1. The van der Waals surface area contributed by atoms with Gasteiger partial charge in [-0.1, -0.05) is 13.8 Å². The Bertz CT molecular complexity index is 924. The lowest BCUT2D eigenvalue weighted by atomic mass is 10.0. The molecule has 194 valence electrons. The molecule has 1 rings (SSSR count). The predicted octanol–water partition coefficient (Wildman–Crippen LogP) is -1.22. The SMILES string of the molecule is CC(C)OC(=O)[C@H](COP(=O)(O)CO[C@H](CO)Cn1ccc(N)nc1=O)NC(=O)[C@@H](N)C(C)C. The molecule has 1 amide bonds. The van der Waals surface area contributed by atoms with Gasteiger partial charge < -0.3 is 40.8 Å². The first-order valence-corrected chi connectivity index (χ1v) is 12.3. The van der Waals surface area contributed by atoms with Gasteiger partial charge in [0.2, 0.25) is 5.91 Å². The van der Waals surface area contributed by atoms with E-state index in [2.05, 4.69) is 10.3 Å². The van der Waals surface area contributed by atoms with Gasteiger partial charge in [-0.05, 0) is 25.8 Å². The molecule has 7 N–H and O–H groups in total. The highest BCUT2D eigenvalue weighted by atomic mass is 31.2. The number of anilines is 1. The van der Waals surface area contributed by atoms with Crippen LogP contribution in [0.3, 0.4) is 0 Å². The second-order valence-corrected chi connectivity index (χ2v) is 9.93. The minimum atomic E-state index is -4.44. The molecule has 1 heterocycles. The van der Waals surface area contributed by atoms with Gasteiger partial charge in [0.15, 0.2) is 6.04 Å². The topological polar surface area (TPSA) is 218 Å². The van der Waals surface area contributed by atoms with Crippen LogP contribution in [-0.4, -0.2) is 75.3 Å². The lowest BCUT2D eigenvalue weighted by Gasteiger charge is -2.24. The van der Waals surface area contributed by atoms with Crippen molar-refractivity contribution in [2.75, 3.05) is 25.3 Å². The van der Waals surface area contributed by atoms with Crippen LogP contribution in [0.25, 0.3) is 0 Å². The number of ether oxygens (including phenoxy) is 2. The summed E-state index contributed by atoms with van der Waals surface area (Å²) in [4.78, 5) is 50.0. The van der Waals surface area contributed by atoms with Crippen molar-refractivity contribution in [2.24, 2.45) is 11.7 Å². The number of aromatic nitrogens is 2. The Morgan fingerprint density at radius 2 is 1.94 bits per heavy atom. The fourth-order valence-corrected chi connectivity index (χ4v) is 3.30. The van der Waals surface area contributed by atoms with E-state index in [1.807, 2.05) is 0 Å². The summed E-state index contributed by atoms with van der Waals surface area (Å²) in [7, 11) is -4.44. The number of aliphatic hydroxyl groups is 1. The van der Waals surface area contributed by atoms with Crippen molar-refractivity contribution in [3.05, 3.63) is 22.7 Å². The third-order valence-corrected chi connectivity index (χ3v) is 5.42. The number of carbonyl (C=O) groups is 2. The molecule has 4 atom stereocenters. The maximum absolute atomic E-state index is 12.4. The minimum absolute atomic E-state index is 0.0166. The minimum Gasteiger partial charge on any atom is -0.461 e. The molecule has 0 fully saturated rings. The van der Waals surface area contributed by atoms with Gasteiger partial charge in [0.25, 0.3) is 0 Å². The van der Waals surface area contributed by atoms with E-state index in [0.717, 1.165) is 4.57 Å². The van der Waals surface area contributed by atoms with Crippen molar-refractivity contribution in [2.45, 2.75) is 58.5 Å². The normalized spacial score (nSPS) is 16.0. The van der Waals surface area contributed by atoms with Gasteiger partial charge in [-0.3, -0.25) is 13.9 Å². The van der Waals surface area contributed by atoms with E-state index in [1.54, 1.807) is 27.7 Å². The Morgan fingerprint density at radius 1 is 1.29 bits per heavy atom. The summed E-state index contributed by atoms with van der Waals surface area (Å²) >= 11 is 0. The molecule has 1 aromatic heterocycles. The summed E-state index contributed by atoms with van der Waals surface area (Å²) in [6.45, 7) is 5.18. The maximum atomic E-state index is 12.4. The molecule has 14 nitrogen and oxygen atoms in total. The van der Waals surface area contributed by atoms with Crippen LogP contribution >= 0.6 is 7.60 Å². The number of amides is 1. The molecular weight excluding hydrogens is 473 g/mol. The monoisotopic (exact) mass is 507 g/mol. The molecule has 1 unspecified atom stereocenters. The Hall–Kier alpha value is -2.35. The van der Waals surface area contributed by atoms with Gasteiger partial charge in [-0.25, -0.2) is 9.59 Å². The average molecular weight is 507 g/mol. The van der Waals surface area contributed by atoms with E-state index in [9.17, 15) is 28.9 Å². The summed E-state index contributed by atoms with van der Waals surface area (Å²) in [6, 6.07) is -0.949. The molecule has 0 saturated carbocycles. The van der Waals surface area contributed by atoms with Crippen LogP contribution in [0.1, 0.15) is 27.7 Å². The molecule has 0 aromatic carbocycles. The van der Waals surface area contributed by atoms with E-state index in [-0.39, 0.29) is 18.3 Å². The maximum Gasteiger partial charge on any atom is 0.353 e. The smallest absolute Gasteiger partial charge is 0.353 e. The largest absolute Gasteiger partial charge is 0.461 e. The van der Waals surface area contributed by atoms with Crippen LogP contribution in [-0.2, 0) is 34.7 Å². The van der Waals surface area contributed by atoms with E-state index in [1.165, 1.54) is 12.3 Å². The van der Waals surface area contributed by atoms with Crippen LogP contribution in [0.5, 0.6) is 0 Å². The third kappa shape index (κ3) is 10.3. The Labute approximate surface area is 197 Å². The number of esters is 1. The number of nitrogens with two attached hydrogens (primary N) is 2. The fraction of sp³-hybridized carbons (Fsp3) is 0.684. The van der Waals surface area contributed by atoms with Crippen molar-refractivity contribution < 1.29 is 38.2 Å². The summed E-state index contributed by atoms with van der Waals surface area (Å²) in [5.41, 5.74) is 10.5. The van der Waals surface area contributed by atoms with E-state index < -0.39 is 69.0 Å². The van der Waals surface area contributed by atoms with Crippen molar-refractivity contribution in [3.8, 4) is 0 Å². The Kier molecular flexibility index (Phi) is 11.8. The molecule has 15 heteroatoms. The number of nitrogens with one attached hydrogen (secondary N) is 1. The van der Waals surface area contributed by atoms with Gasteiger partial charge >= 0.3 is 19.3 Å². The molecular formula is C19H34N5O9P. The zero-order valence-electron chi connectivity index (χ0n) is 19.6. The number of carbonyl (C=O) groups excluding carboxylic acids is 2. The third-order valence-electron chi connectivity index (χ3n) is 4.39. The molecule has 0 saturated heterocycles. The van der Waals surface area contributed by atoms with Crippen LogP contribution in [0, 0.1) is 5.92 Å². The Balaban J connectivity index is 2.77. The molecule has 0 bridgehead atoms. The lowest BCUT2D eigenvalue weighted by molar-refractivity contribution is -0.152. The first-order chi connectivity index (χ1) is 15.8. The molecule has 0 aliphatic heterocycles. The number of nitrogens with zero attached hydrogens (tertiary/aromatic N) is 2. The van der Waals surface area contributed by atoms with E-state index in [4.69, 9.17) is 25.5 Å². The Morgan fingerprint density at radius 3 is 2.47 bits per heavy atom. The zero-order chi connectivity index (χ0) is 26.1. The van der Waals surface area contributed by atoms with E-state index in [0.29, 0.717) is 0 Å². The van der Waals surface area contributed by atoms with Gasteiger partial charge in [-0.2, -0.15) is 4.98 Å².